The maximum atomic E-state index is 12.3. The lowest BCUT2D eigenvalue weighted by Gasteiger charge is -2.29. The van der Waals surface area contributed by atoms with E-state index in [0.29, 0.717) is 22.8 Å². The number of anilines is 2. The molecule has 23 heavy (non-hydrogen) atoms. The molecule has 0 saturated heterocycles. The average Bonchev–Trinajstić information content (AvgIpc) is 2.54. The second-order valence-electron chi connectivity index (χ2n) is 5.55. The molecule has 0 atom stereocenters. The molecule has 2 aromatic rings. The van der Waals surface area contributed by atoms with Crippen molar-refractivity contribution in [3.05, 3.63) is 58.6 Å². The minimum atomic E-state index is -0.263. The van der Waals surface area contributed by atoms with Crippen molar-refractivity contribution in [2.75, 3.05) is 16.8 Å². The van der Waals surface area contributed by atoms with Gasteiger partial charge in [-0.3, -0.25) is 9.59 Å². The zero-order valence-corrected chi connectivity index (χ0v) is 13.6. The fourth-order valence-electron chi connectivity index (χ4n) is 2.82. The Bertz CT molecular complexity index is 773. The van der Waals surface area contributed by atoms with Gasteiger partial charge in [0.1, 0.15) is 0 Å². The molecule has 0 aliphatic carbocycles. The van der Waals surface area contributed by atoms with Crippen molar-refractivity contribution < 1.29 is 9.59 Å². The zero-order chi connectivity index (χ0) is 16.4. The lowest BCUT2D eigenvalue weighted by atomic mass is 10.0. The van der Waals surface area contributed by atoms with Crippen LogP contribution in [0.4, 0.5) is 11.4 Å². The molecule has 1 aliphatic heterocycles. The van der Waals surface area contributed by atoms with Gasteiger partial charge in [-0.25, -0.2) is 0 Å². The number of amides is 2. The van der Waals surface area contributed by atoms with Crippen LogP contribution in [0.15, 0.2) is 42.5 Å². The van der Waals surface area contributed by atoms with Gasteiger partial charge in [-0.15, -0.1) is 0 Å². The van der Waals surface area contributed by atoms with E-state index in [1.165, 1.54) is 0 Å². The molecule has 0 radical (unpaired) electrons. The van der Waals surface area contributed by atoms with E-state index in [1.807, 2.05) is 18.2 Å². The van der Waals surface area contributed by atoms with Crippen LogP contribution in [0.1, 0.15) is 29.3 Å². The lowest BCUT2D eigenvalue weighted by molar-refractivity contribution is -0.116. The van der Waals surface area contributed by atoms with Gasteiger partial charge in [0.25, 0.3) is 5.91 Å². The number of benzene rings is 2. The minimum absolute atomic E-state index is 0.0144. The van der Waals surface area contributed by atoms with Gasteiger partial charge in [0, 0.05) is 24.8 Å². The molecule has 0 aromatic heterocycles. The van der Waals surface area contributed by atoms with Gasteiger partial charge in [0.15, 0.2) is 0 Å². The molecule has 1 heterocycles. The van der Waals surface area contributed by atoms with Gasteiger partial charge < -0.3 is 10.2 Å². The summed E-state index contributed by atoms with van der Waals surface area (Å²) in [5, 5.41) is 3.26. The van der Waals surface area contributed by atoms with Crippen LogP contribution in [0.5, 0.6) is 0 Å². The molecular weight excluding hydrogens is 312 g/mol. The smallest absolute Gasteiger partial charge is 0.257 e. The maximum absolute atomic E-state index is 12.3. The number of carbonyl (C=O) groups is 2. The first-order valence-corrected chi connectivity index (χ1v) is 7.91. The summed E-state index contributed by atoms with van der Waals surface area (Å²) in [6.07, 6.45) is 1.90. The molecule has 118 valence electrons. The van der Waals surface area contributed by atoms with Crippen molar-refractivity contribution in [3.8, 4) is 0 Å². The van der Waals surface area contributed by atoms with Crippen LogP contribution >= 0.6 is 11.6 Å². The van der Waals surface area contributed by atoms with E-state index in [-0.39, 0.29) is 11.8 Å². The second kappa shape index (κ2) is 6.42. The fourth-order valence-corrected chi connectivity index (χ4v) is 3.04. The Kier molecular flexibility index (Phi) is 4.35. The second-order valence-corrected chi connectivity index (χ2v) is 5.96. The lowest BCUT2D eigenvalue weighted by Crippen LogP contribution is -2.33. The first kappa shape index (κ1) is 15.6. The SMILES string of the molecule is CC(=O)N1CCCc2ccc(NC(=O)c3ccccc3Cl)cc21. The van der Waals surface area contributed by atoms with Crippen molar-refractivity contribution in [1.29, 1.82) is 0 Å². The first-order chi connectivity index (χ1) is 11.1. The molecule has 1 N–H and O–H groups in total. The van der Waals surface area contributed by atoms with Gasteiger partial charge >= 0.3 is 0 Å². The van der Waals surface area contributed by atoms with E-state index in [0.717, 1.165) is 24.1 Å². The van der Waals surface area contributed by atoms with Crippen molar-refractivity contribution >= 4 is 34.8 Å². The molecule has 1 aliphatic rings. The highest BCUT2D eigenvalue weighted by atomic mass is 35.5. The quantitative estimate of drug-likeness (QED) is 0.909. The van der Waals surface area contributed by atoms with E-state index in [2.05, 4.69) is 5.32 Å². The molecule has 0 unspecified atom stereocenters. The summed E-state index contributed by atoms with van der Waals surface area (Å²) in [6, 6.07) is 12.6. The molecule has 3 rings (SSSR count). The molecule has 2 aromatic carbocycles. The summed E-state index contributed by atoms with van der Waals surface area (Å²) >= 11 is 6.05. The Morgan fingerprint density at radius 1 is 1.17 bits per heavy atom. The predicted octanol–water partition coefficient (Wildman–Crippen LogP) is 3.89. The molecular formula is C18H17ClN2O2. The standard InChI is InChI=1S/C18H17ClN2O2/c1-12(22)21-10-4-5-13-8-9-14(11-17(13)21)20-18(23)15-6-2-3-7-16(15)19/h2-3,6-9,11H,4-5,10H2,1H3,(H,20,23). The monoisotopic (exact) mass is 328 g/mol. The number of hydrogen-bond donors (Lipinski definition) is 1. The summed E-state index contributed by atoms with van der Waals surface area (Å²) in [6.45, 7) is 2.27. The molecule has 0 bridgehead atoms. The summed E-state index contributed by atoms with van der Waals surface area (Å²) in [5.41, 5.74) is 3.08. The third-order valence-corrected chi connectivity index (χ3v) is 4.29. The fraction of sp³-hybridized carbons (Fsp3) is 0.222. The summed E-state index contributed by atoms with van der Waals surface area (Å²) in [5.74, 6) is -0.249. The predicted molar refractivity (Wildman–Crippen MR) is 92.2 cm³/mol. The van der Waals surface area contributed by atoms with Crippen LogP contribution in [0.25, 0.3) is 0 Å². The van der Waals surface area contributed by atoms with Crippen molar-refractivity contribution in [2.24, 2.45) is 0 Å². The molecule has 0 saturated carbocycles. The van der Waals surface area contributed by atoms with E-state index in [1.54, 1.807) is 36.1 Å². The van der Waals surface area contributed by atoms with Gasteiger partial charge in [-0.1, -0.05) is 29.8 Å². The highest BCUT2D eigenvalue weighted by molar-refractivity contribution is 6.34. The van der Waals surface area contributed by atoms with Gasteiger partial charge in [-0.05, 0) is 42.7 Å². The van der Waals surface area contributed by atoms with E-state index in [9.17, 15) is 9.59 Å². The van der Waals surface area contributed by atoms with E-state index >= 15 is 0 Å². The number of rotatable bonds is 2. The number of carbonyl (C=O) groups excluding carboxylic acids is 2. The van der Waals surface area contributed by atoms with Crippen LogP contribution in [0.2, 0.25) is 5.02 Å². The summed E-state index contributed by atoms with van der Waals surface area (Å²) in [4.78, 5) is 25.9. The van der Waals surface area contributed by atoms with Gasteiger partial charge in [-0.2, -0.15) is 0 Å². The maximum Gasteiger partial charge on any atom is 0.257 e. The first-order valence-electron chi connectivity index (χ1n) is 7.53. The van der Waals surface area contributed by atoms with Crippen LogP contribution in [-0.2, 0) is 11.2 Å². The van der Waals surface area contributed by atoms with E-state index in [4.69, 9.17) is 11.6 Å². The van der Waals surface area contributed by atoms with Crippen LogP contribution in [0, 0.1) is 0 Å². The summed E-state index contributed by atoms with van der Waals surface area (Å²) < 4.78 is 0. The summed E-state index contributed by atoms with van der Waals surface area (Å²) in [7, 11) is 0. The molecule has 5 heteroatoms. The number of nitrogens with one attached hydrogen (secondary N) is 1. The molecule has 0 fully saturated rings. The van der Waals surface area contributed by atoms with E-state index < -0.39 is 0 Å². The number of nitrogens with zero attached hydrogens (tertiary/aromatic N) is 1. The highest BCUT2D eigenvalue weighted by Crippen LogP contribution is 2.30. The third-order valence-electron chi connectivity index (χ3n) is 3.96. The van der Waals surface area contributed by atoms with Crippen LogP contribution < -0.4 is 10.2 Å². The Hall–Kier alpha value is -2.33. The minimum Gasteiger partial charge on any atom is -0.322 e. The topological polar surface area (TPSA) is 49.4 Å². The largest absolute Gasteiger partial charge is 0.322 e. The number of hydrogen-bond acceptors (Lipinski definition) is 2. The van der Waals surface area contributed by atoms with Crippen molar-refractivity contribution in [2.45, 2.75) is 19.8 Å². The number of halogens is 1. The number of fused-ring (bicyclic) bond motifs is 1. The van der Waals surface area contributed by atoms with Crippen molar-refractivity contribution in [1.82, 2.24) is 0 Å². The molecule has 0 spiro atoms. The normalized spacial score (nSPS) is 13.4. The average molecular weight is 329 g/mol. The highest BCUT2D eigenvalue weighted by Gasteiger charge is 2.20. The van der Waals surface area contributed by atoms with Gasteiger partial charge in [0.2, 0.25) is 5.91 Å². The Labute approximate surface area is 140 Å². The Morgan fingerprint density at radius 2 is 1.96 bits per heavy atom. The number of aryl methyl sites for hydroxylation is 1. The Balaban J connectivity index is 1.87. The van der Waals surface area contributed by atoms with Crippen LogP contribution in [-0.4, -0.2) is 18.4 Å². The van der Waals surface area contributed by atoms with Gasteiger partial charge in [0.05, 0.1) is 10.6 Å². The van der Waals surface area contributed by atoms with Crippen LogP contribution in [0.3, 0.4) is 0 Å². The third kappa shape index (κ3) is 3.22. The Morgan fingerprint density at radius 3 is 2.70 bits per heavy atom. The molecule has 4 nitrogen and oxygen atoms in total. The molecule has 2 amide bonds. The zero-order valence-electron chi connectivity index (χ0n) is 12.8. The van der Waals surface area contributed by atoms with Crippen molar-refractivity contribution in [3.63, 3.8) is 0 Å².